The van der Waals surface area contributed by atoms with E-state index in [1.807, 2.05) is 37.3 Å². The Balaban J connectivity index is 0.00000341. The highest BCUT2D eigenvalue weighted by Crippen LogP contribution is 2.26. The van der Waals surface area contributed by atoms with E-state index in [1.54, 1.807) is 13.3 Å². The van der Waals surface area contributed by atoms with Gasteiger partial charge in [0, 0.05) is 31.3 Å². The van der Waals surface area contributed by atoms with Crippen LogP contribution in [0, 0.1) is 6.92 Å². The summed E-state index contributed by atoms with van der Waals surface area (Å²) in [6.07, 6.45) is 2.26. The third-order valence-corrected chi connectivity index (χ3v) is 4.51. The minimum Gasteiger partial charge on any atom is -0.496 e. The number of pyridine rings is 1. The van der Waals surface area contributed by atoms with Gasteiger partial charge in [-0.05, 0) is 39.0 Å². The number of hydrogen-bond donors (Lipinski definition) is 2. The Morgan fingerprint density at radius 2 is 2.10 bits per heavy atom. The first-order valence-corrected chi connectivity index (χ1v) is 10.0. The molecule has 1 atom stereocenters. The number of guanidine groups is 1. The molecule has 2 aromatic heterocycles. The lowest BCUT2D eigenvalue weighted by atomic mass is 10.0. The van der Waals surface area contributed by atoms with Gasteiger partial charge in [-0.1, -0.05) is 28.9 Å². The molecule has 0 saturated heterocycles. The van der Waals surface area contributed by atoms with Gasteiger partial charge in [0.15, 0.2) is 11.8 Å². The largest absolute Gasteiger partial charge is 0.496 e. The van der Waals surface area contributed by atoms with Gasteiger partial charge in [0.25, 0.3) is 5.89 Å². The lowest BCUT2D eigenvalue weighted by Crippen LogP contribution is -2.39. The van der Waals surface area contributed by atoms with E-state index in [1.165, 1.54) is 5.56 Å². The van der Waals surface area contributed by atoms with E-state index in [-0.39, 0.29) is 30.0 Å². The first-order chi connectivity index (χ1) is 14.6. The van der Waals surface area contributed by atoms with Gasteiger partial charge in [-0.3, -0.25) is 9.98 Å². The highest BCUT2D eigenvalue weighted by molar-refractivity contribution is 14.0. The van der Waals surface area contributed by atoms with Gasteiger partial charge in [-0.25, -0.2) is 0 Å². The number of aliphatic imine (C=N–C) groups is 1. The van der Waals surface area contributed by atoms with E-state index < -0.39 is 0 Å². The van der Waals surface area contributed by atoms with Crippen molar-refractivity contribution in [1.29, 1.82) is 0 Å². The Bertz CT molecular complexity index is 977. The van der Waals surface area contributed by atoms with E-state index in [4.69, 9.17) is 9.26 Å². The summed E-state index contributed by atoms with van der Waals surface area (Å²) in [7, 11) is 1.68. The lowest BCUT2D eigenvalue weighted by Gasteiger charge is -2.20. The molecule has 3 rings (SSSR count). The molecule has 1 aromatic carbocycles. The zero-order valence-electron chi connectivity index (χ0n) is 18.3. The second-order valence-corrected chi connectivity index (χ2v) is 6.85. The summed E-state index contributed by atoms with van der Waals surface area (Å²) >= 11 is 0. The molecular weight excluding hydrogens is 507 g/mol. The van der Waals surface area contributed by atoms with Crippen molar-refractivity contribution in [3.63, 3.8) is 0 Å². The Hall–Kier alpha value is -2.69. The van der Waals surface area contributed by atoms with Crippen molar-refractivity contribution in [2.75, 3.05) is 20.2 Å². The average Bonchev–Trinajstić information content (AvgIpc) is 3.23. The second kappa shape index (κ2) is 12.2. The molecule has 3 aromatic rings. The van der Waals surface area contributed by atoms with E-state index in [0.29, 0.717) is 30.4 Å². The van der Waals surface area contributed by atoms with Crippen LogP contribution in [0.5, 0.6) is 5.75 Å². The molecular formula is C22H29IN6O2. The molecule has 8 nitrogen and oxygen atoms in total. The van der Waals surface area contributed by atoms with Crippen LogP contribution in [0.2, 0.25) is 0 Å². The summed E-state index contributed by atoms with van der Waals surface area (Å²) in [5.41, 5.74) is 2.93. The van der Waals surface area contributed by atoms with Crippen LogP contribution in [-0.4, -0.2) is 41.3 Å². The fraction of sp³-hybridized carbons (Fsp3) is 0.364. The third kappa shape index (κ3) is 6.91. The average molecular weight is 536 g/mol. The minimum atomic E-state index is 0. The molecule has 9 heteroatoms. The van der Waals surface area contributed by atoms with Crippen molar-refractivity contribution in [3.05, 3.63) is 59.5 Å². The van der Waals surface area contributed by atoms with Gasteiger partial charge >= 0.3 is 0 Å². The molecule has 2 heterocycles. The number of ether oxygens (including phenoxy) is 1. The van der Waals surface area contributed by atoms with Crippen molar-refractivity contribution in [1.82, 2.24) is 25.8 Å². The standard InChI is InChI=1S/C22H28N6O2.HI/c1-5-23-22(26-16(3)17-14-15(2)9-10-19(17)29-4)25-13-11-20-27-21(30-28-20)18-8-6-7-12-24-18;/h6-10,12,14,16H,5,11,13H2,1-4H3,(H2,23,25,26);1H. The zero-order valence-corrected chi connectivity index (χ0v) is 20.6. The van der Waals surface area contributed by atoms with Crippen LogP contribution in [-0.2, 0) is 6.42 Å². The van der Waals surface area contributed by atoms with Crippen molar-refractivity contribution in [2.24, 2.45) is 4.99 Å². The van der Waals surface area contributed by atoms with Crippen LogP contribution in [0.25, 0.3) is 11.6 Å². The van der Waals surface area contributed by atoms with Gasteiger partial charge in [0.1, 0.15) is 11.4 Å². The monoisotopic (exact) mass is 536 g/mol. The molecule has 0 aliphatic carbocycles. The van der Waals surface area contributed by atoms with Crippen molar-refractivity contribution >= 4 is 29.9 Å². The maximum atomic E-state index is 5.51. The van der Waals surface area contributed by atoms with Crippen LogP contribution in [0.3, 0.4) is 0 Å². The number of hydrogen-bond acceptors (Lipinski definition) is 6. The molecule has 0 spiro atoms. The van der Waals surface area contributed by atoms with Gasteiger partial charge in [0.2, 0.25) is 0 Å². The lowest BCUT2D eigenvalue weighted by molar-refractivity contribution is 0.405. The van der Waals surface area contributed by atoms with Crippen molar-refractivity contribution in [2.45, 2.75) is 33.2 Å². The van der Waals surface area contributed by atoms with Crippen LogP contribution >= 0.6 is 24.0 Å². The summed E-state index contributed by atoms with van der Waals surface area (Å²) in [4.78, 5) is 13.3. The highest BCUT2D eigenvalue weighted by atomic mass is 127. The van der Waals surface area contributed by atoms with Crippen LogP contribution in [0.1, 0.15) is 36.8 Å². The van der Waals surface area contributed by atoms with Crippen LogP contribution in [0.4, 0.5) is 0 Å². The normalized spacial score (nSPS) is 12.1. The minimum absolute atomic E-state index is 0. The fourth-order valence-electron chi connectivity index (χ4n) is 3.01. The highest BCUT2D eigenvalue weighted by Gasteiger charge is 2.14. The van der Waals surface area contributed by atoms with Crippen LogP contribution in [0.15, 0.2) is 52.1 Å². The first kappa shape index (κ1) is 24.6. The molecule has 1 unspecified atom stereocenters. The summed E-state index contributed by atoms with van der Waals surface area (Å²) in [5.74, 6) is 2.59. The van der Waals surface area contributed by atoms with E-state index in [2.05, 4.69) is 50.7 Å². The molecule has 2 N–H and O–H groups in total. The van der Waals surface area contributed by atoms with E-state index in [0.717, 1.165) is 23.8 Å². The Morgan fingerprint density at radius 3 is 2.81 bits per heavy atom. The predicted octanol–water partition coefficient (Wildman–Crippen LogP) is 3.93. The van der Waals surface area contributed by atoms with Gasteiger partial charge in [-0.2, -0.15) is 4.98 Å². The second-order valence-electron chi connectivity index (χ2n) is 6.85. The Kier molecular flexibility index (Phi) is 9.70. The van der Waals surface area contributed by atoms with Crippen molar-refractivity contribution < 1.29 is 9.26 Å². The summed E-state index contributed by atoms with van der Waals surface area (Å²) in [6, 6.07) is 11.7. The number of aryl methyl sites for hydroxylation is 1. The first-order valence-electron chi connectivity index (χ1n) is 10.0. The Labute approximate surface area is 199 Å². The molecule has 0 radical (unpaired) electrons. The fourth-order valence-corrected chi connectivity index (χ4v) is 3.01. The van der Waals surface area contributed by atoms with Crippen molar-refractivity contribution in [3.8, 4) is 17.3 Å². The summed E-state index contributed by atoms with van der Waals surface area (Å²) in [6.45, 7) is 7.47. The smallest absolute Gasteiger partial charge is 0.276 e. The zero-order chi connectivity index (χ0) is 21.3. The molecule has 0 aliphatic heterocycles. The van der Waals surface area contributed by atoms with E-state index in [9.17, 15) is 0 Å². The quantitative estimate of drug-likeness (QED) is 0.256. The molecule has 31 heavy (non-hydrogen) atoms. The number of nitrogens with one attached hydrogen (secondary N) is 2. The molecule has 0 saturated carbocycles. The maximum absolute atomic E-state index is 5.51. The van der Waals surface area contributed by atoms with E-state index >= 15 is 0 Å². The topological polar surface area (TPSA) is 97.5 Å². The number of aromatic nitrogens is 3. The number of methoxy groups -OCH3 is 1. The number of benzene rings is 1. The van der Waals surface area contributed by atoms with Gasteiger partial charge in [0.05, 0.1) is 13.2 Å². The van der Waals surface area contributed by atoms with Crippen LogP contribution < -0.4 is 15.4 Å². The maximum Gasteiger partial charge on any atom is 0.276 e. The molecule has 0 fully saturated rings. The molecule has 0 bridgehead atoms. The predicted molar refractivity (Wildman–Crippen MR) is 132 cm³/mol. The molecule has 0 aliphatic rings. The SMILES string of the molecule is CCNC(=NCCc1noc(-c2ccccn2)n1)NC(C)c1cc(C)ccc1OC.I. The number of halogens is 1. The molecule has 166 valence electrons. The Morgan fingerprint density at radius 1 is 1.26 bits per heavy atom. The number of rotatable bonds is 8. The van der Waals surface area contributed by atoms with Gasteiger partial charge < -0.3 is 19.9 Å². The summed E-state index contributed by atoms with van der Waals surface area (Å²) < 4.78 is 10.8. The third-order valence-electron chi connectivity index (χ3n) is 4.51. The molecule has 0 amide bonds. The van der Waals surface area contributed by atoms with Gasteiger partial charge in [-0.15, -0.1) is 24.0 Å². The number of nitrogens with zero attached hydrogens (tertiary/aromatic N) is 4. The summed E-state index contributed by atoms with van der Waals surface area (Å²) in [5, 5.41) is 10.7.